The highest BCUT2D eigenvalue weighted by molar-refractivity contribution is 6.39. The molecule has 4 nitrogen and oxygen atoms in total. The van der Waals surface area contributed by atoms with Gasteiger partial charge in [0.05, 0.1) is 0 Å². The van der Waals surface area contributed by atoms with Crippen LogP contribution in [0.3, 0.4) is 0 Å². The molecule has 0 aliphatic heterocycles. The molecule has 0 unspecified atom stereocenters. The second kappa shape index (κ2) is 7.25. The minimum absolute atomic E-state index is 0.142. The topological polar surface area (TPSA) is 58.2 Å². The van der Waals surface area contributed by atoms with E-state index < -0.39 is 11.8 Å². The highest BCUT2D eigenvalue weighted by Gasteiger charge is 2.24. The average Bonchev–Trinajstić information content (AvgIpc) is 2.50. The van der Waals surface area contributed by atoms with E-state index in [1.54, 1.807) is 6.07 Å². The summed E-state index contributed by atoms with van der Waals surface area (Å²) in [6.45, 7) is 4.11. The Bertz CT molecular complexity index is 505. The van der Waals surface area contributed by atoms with Crippen molar-refractivity contribution in [1.82, 2.24) is 5.32 Å². The van der Waals surface area contributed by atoms with Gasteiger partial charge >= 0.3 is 11.8 Å². The Morgan fingerprint density at radius 3 is 2.38 bits per heavy atom. The number of benzene rings is 1. The van der Waals surface area contributed by atoms with Crippen molar-refractivity contribution in [2.75, 3.05) is 5.32 Å². The monoisotopic (exact) mass is 288 g/mol. The molecule has 2 amide bonds. The Morgan fingerprint density at radius 2 is 1.76 bits per heavy atom. The van der Waals surface area contributed by atoms with Crippen LogP contribution >= 0.6 is 0 Å². The molecule has 21 heavy (non-hydrogen) atoms. The fraction of sp³-hybridized carbons (Fsp3) is 0.529. The van der Waals surface area contributed by atoms with Crippen LogP contribution in [0.4, 0.5) is 5.69 Å². The van der Waals surface area contributed by atoms with E-state index in [-0.39, 0.29) is 6.04 Å². The number of rotatable bonds is 3. The van der Waals surface area contributed by atoms with Gasteiger partial charge in [0.25, 0.3) is 0 Å². The van der Waals surface area contributed by atoms with Gasteiger partial charge in [-0.3, -0.25) is 9.59 Å². The Morgan fingerprint density at radius 1 is 1.10 bits per heavy atom. The Balaban J connectivity index is 1.83. The van der Waals surface area contributed by atoms with E-state index in [1.165, 1.54) is 6.42 Å². The van der Waals surface area contributed by atoms with Crippen LogP contribution in [0.15, 0.2) is 24.3 Å². The molecule has 0 bridgehead atoms. The largest absolute Gasteiger partial charge is 0.345 e. The summed E-state index contributed by atoms with van der Waals surface area (Å²) >= 11 is 0. The molecule has 1 aromatic rings. The van der Waals surface area contributed by atoms with Gasteiger partial charge in [-0.05, 0) is 50.2 Å². The molecular formula is C17H24N2O2. The molecule has 0 radical (unpaired) electrons. The van der Waals surface area contributed by atoms with Crippen LogP contribution in [0, 0.1) is 12.8 Å². The fourth-order valence-electron chi connectivity index (χ4n) is 2.86. The first-order valence-corrected chi connectivity index (χ1v) is 7.77. The standard InChI is InChI=1S/C17H24N2O2/c1-3-13-8-10-14(11-9-13)18-16(20)17(21)19-15-7-5-4-6-12(15)2/h4-7,13-14H,3,8-11H2,1-2H3,(H,18,20)(H,19,21). The third-order valence-electron chi connectivity index (χ3n) is 4.36. The third kappa shape index (κ3) is 4.31. The maximum absolute atomic E-state index is 12.0. The first kappa shape index (κ1) is 15.5. The minimum atomic E-state index is -0.582. The molecular weight excluding hydrogens is 264 g/mol. The smallest absolute Gasteiger partial charge is 0.313 e. The van der Waals surface area contributed by atoms with Crippen LogP contribution in [-0.4, -0.2) is 17.9 Å². The van der Waals surface area contributed by atoms with E-state index in [0.29, 0.717) is 5.69 Å². The molecule has 4 heteroatoms. The summed E-state index contributed by atoms with van der Waals surface area (Å²) in [5.41, 5.74) is 1.63. The second-order valence-corrected chi connectivity index (χ2v) is 5.87. The normalized spacial score (nSPS) is 21.6. The van der Waals surface area contributed by atoms with E-state index in [1.807, 2.05) is 25.1 Å². The summed E-state index contributed by atoms with van der Waals surface area (Å²) in [7, 11) is 0. The van der Waals surface area contributed by atoms with E-state index in [9.17, 15) is 9.59 Å². The van der Waals surface area contributed by atoms with Crippen molar-refractivity contribution in [2.45, 2.75) is 52.0 Å². The molecule has 1 fully saturated rings. The molecule has 0 aromatic heterocycles. The third-order valence-corrected chi connectivity index (χ3v) is 4.36. The van der Waals surface area contributed by atoms with Crippen molar-refractivity contribution in [3.8, 4) is 0 Å². The summed E-state index contributed by atoms with van der Waals surface area (Å²) in [5, 5.41) is 5.52. The number of hydrogen-bond acceptors (Lipinski definition) is 2. The Hall–Kier alpha value is -1.84. The maximum atomic E-state index is 12.0. The zero-order valence-electron chi connectivity index (χ0n) is 12.8. The van der Waals surface area contributed by atoms with Gasteiger partial charge in [0.1, 0.15) is 0 Å². The van der Waals surface area contributed by atoms with Gasteiger partial charge in [0, 0.05) is 11.7 Å². The molecule has 1 aliphatic rings. The first-order chi connectivity index (χ1) is 10.1. The van der Waals surface area contributed by atoms with Crippen LogP contribution in [-0.2, 0) is 9.59 Å². The summed E-state index contributed by atoms with van der Waals surface area (Å²) in [6, 6.07) is 7.58. The molecule has 0 saturated heterocycles. The SMILES string of the molecule is CCC1CCC(NC(=O)C(=O)Nc2ccccc2C)CC1. The number of nitrogens with one attached hydrogen (secondary N) is 2. The number of anilines is 1. The lowest BCUT2D eigenvalue weighted by atomic mass is 9.84. The van der Waals surface area contributed by atoms with Crippen molar-refractivity contribution < 1.29 is 9.59 Å². The van der Waals surface area contributed by atoms with Gasteiger partial charge in [0.15, 0.2) is 0 Å². The summed E-state index contributed by atoms with van der Waals surface area (Å²) in [4.78, 5) is 23.9. The molecule has 0 heterocycles. The number of para-hydroxylation sites is 1. The minimum Gasteiger partial charge on any atom is -0.345 e. The quantitative estimate of drug-likeness (QED) is 0.840. The van der Waals surface area contributed by atoms with Crippen molar-refractivity contribution in [3.05, 3.63) is 29.8 Å². The molecule has 0 atom stereocenters. The van der Waals surface area contributed by atoms with Gasteiger partial charge in [-0.2, -0.15) is 0 Å². The van der Waals surface area contributed by atoms with Crippen LogP contribution in [0.2, 0.25) is 0 Å². The van der Waals surface area contributed by atoms with Crippen molar-refractivity contribution in [2.24, 2.45) is 5.92 Å². The Kier molecular flexibility index (Phi) is 5.37. The van der Waals surface area contributed by atoms with E-state index >= 15 is 0 Å². The van der Waals surface area contributed by atoms with Gasteiger partial charge in [-0.25, -0.2) is 0 Å². The summed E-state index contributed by atoms with van der Waals surface area (Å²) in [5.74, 6) is -0.334. The highest BCUT2D eigenvalue weighted by atomic mass is 16.2. The number of hydrogen-bond donors (Lipinski definition) is 2. The average molecular weight is 288 g/mol. The predicted molar refractivity (Wildman–Crippen MR) is 84.0 cm³/mol. The fourth-order valence-corrected chi connectivity index (χ4v) is 2.86. The van der Waals surface area contributed by atoms with Gasteiger partial charge in [-0.1, -0.05) is 31.5 Å². The lowest BCUT2D eigenvalue weighted by molar-refractivity contribution is -0.136. The lowest BCUT2D eigenvalue weighted by Crippen LogP contribution is -2.43. The number of aryl methyl sites for hydroxylation is 1. The van der Waals surface area contributed by atoms with Crippen LogP contribution < -0.4 is 10.6 Å². The predicted octanol–water partition coefficient (Wildman–Crippen LogP) is 3.02. The first-order valence-electron chi connectivity index (χ1n) is 7.77. The van der Waals surface area contributed by atoms with Crippen molar-refractivity contribution in [1.29, 1.82) is 0 Å². The Labute approximate surface area is 126 Å². The molecule has 2 rings (SSSR count). The highest BCUT2D eigenvalue weighted by Crippen LogP contribution is 2.26. The van der Waals surface area contributed by atoms with Crippen molar-refractivity contribution >= 4 is 17.5 Å². The molecule has 2 N–H and O–H groups in total. The van der Waals surface area contributed by atoms with Crippen molar-refractivity contribution in [3.63, 3.8) is 0 Å². The van der Waals surface area contributed by atoms with Gasteiger partial charge < -0.3 is 10.6 Å². The summed E-state index contributed by atoms with van der Waals surface area (Å²) in [6.07, 6.45) is 5.43. The van der Waals surface area contributed by atoms with Gasteiger partial charge in [0.2, 0.25) is 0 Å². The number of carbonyl (C=O) groups is 2. The molecule has 114 valence electrons. The number of carbonyl (C=O) groups excluding carboxylic acids is 2. The number of amides is 2. The molecule has 1 aromatic carbocycles. The molecule has 1 aliphatic carbocycles. The van der Waals surface area contributed by atoms with E-state index in [2.05, 4.69) is 17.6 Å². The zero-order chi connectivity index (χ0) is 15.2. The van der Waals surface area contributed by atoms with Crippen LogP contribution in [0.25, 0.3) is 0 Å². The summed E-state index contributed by atoms with van der Waals surface area (Å²) < 4.78 is 0. The van der Waals surface area contributed by atoms with E-state index in [0.717, 1.165) is 37.2 Å². The zero-order valence-corrected chi connectivity index (χ0v) is 12.8. The van der Waals surface area contributed by atoms with Crippen LogP contribution in [0.5, 0.6) is 0 Å². The second-order valence-electron chi connectivity index (χ2n) is 5.87. The van der Waals surface area contributed by atoms with Crippen LogP contribution in [0.1, 0.15) is 44.6 Å². The maximum Gasteiger partial charge on any atom is 0.313 e. The lowest BCUT2D eigenvalue weighted by Gasteiger charge is -2.28. The molecule has 1 saturated carbocycles. The molecule has 0 spiro atoms. The van der Waals surface area contributed by atoms with E-state index in [4.69, 9.17) is 0 Å². The van der Waals surface area contributed by atoms with Gasteiger partial charge in [-0.15, -0.1) is 0 Å².